The molecule has 0 saturated carbocycles. The maximum Gasteiger partial charge on any atom is 0.321 e. The molecule has 1 aromatic rings. The maximum absolute atomic E-state index is 11.5. The van der Waals surface area contributed by atoms with E-state index in [0.29, 0.717) is 6.54 Å². The van der Waals surface area contributed by atoms with Crippen molar-refractivity contribution < 1.29 is 14.7 Å². The number of carboxylic acids is 1. The van der Waals surface area contributed by atoms with Crippen molar-refractivity contribution in [3.8, 4) is 0 Å². The van der Waals surface area contributed by atoms with Crippen molar-refractivity contribution in [1.29, 1.82) is 0 Å². The number of aliphatic carboxylic acids is 1. The molecule has 6 heteroatoms. The van der Waals surface area contributed by atoms with Crippen LogP contribution in [-0.4, -0.2) is 42.1 Å². The van der Waals surface area contributed by atoms with Crippen LogP contribution in [0.15, 0.2) is 30.3 Å². The average Bonchev–Trinajstić information content (AvgIpc) is 2.34. The van der Waals surface area contributed by atoms with Crippen LogP contribution in [0.1, 0.15) is 12.0 Å². The minimum atomic E-state index is -1.04. The topological polar surface area (TPSA) is 81.7 Å². The SMILES string of the molecule is CN(C)NC(=O)CC(NCc1ccccc1)C(=O)O. The number of benzene rings is 1. The normalized spacial score (nSPS) is 12.2. The highest BCUT2D eigenvalue weighted by atomic mass is 16.4. The molecule has 0 bridgehead atoms. The second-order valence-corrected chi connectivity index (χ2v) is 4.39. The number of carbonyl (C=O) groups is 2. The Morgan fingerprint density at radius 1 is 1.26 bits per heavy atom. The van der Waals surface area contributed by atoms with Gasteiger partial charge in [0.1, 0.15) is 6.04 Å². The second-order valence-electron chi connectivity index (χ2n) is 4.39. The van der Waals surface area contributed by atoms with Gasteiger partial charge in [-0.05, 0) is 5.56 Å². The molecule has 1 unspecified atom stereocenters. The third-order valence-electron chi connectivity index (χ3n) is 2.43. The van der Waals surface area contributed by atoms with Crippen molar-refractivity contribution in [2.24, 2.45) is 0 Å². The zero-order chi connectivity index (χ0) is 14.3. The van der Waals surface area contributed by atoms with E-state index in [4.69, 9.17) is 5.11 Å². The van der Waals surface area contributed by atoms with E-state index in [9.17, 15) is 9.59 Å². The Bertz CT molecular complexity index is 420. The highest BCUT2D eigenvalue weighted by molar-refractivity contribution is 5.84. The molecule has 0 aliphatic heterocycles. The average molecular weight is 265 g/mol. The Morgan fingerprint density at radius 2 is 1.89 bits per heavy atom. The highest BCUT2D eigenvalue weighted by Crippen LogP contribution is 2.00. The minimum Gasteiger partial charge on any atom is -0.480 e. The van der Waals surface area contributed by atoms with Gasteiger partial charge in [0.2, 0.25) is 5.91 Å². The van der Waals surface area contributed by atoms with Crippen LogP contribution in [0.4, 0.5) is 0 Å². The van der Waals surface area contributed by atoms with Gasteiger partial charge in [0.25, 0.3) is 0 Å². The van der Waals surface area contributed by atoms with E-state index in [-0.39, 0.29) is 12.3 Å². The number of carbonyl (C=O) groups excluding carboxylic acids is 1. The maximum atomic E-state index is 11.5. The number of hydrogen-bond donors (Lipinski definition) is 3. The Morgan fingerprint density at radius 3 is 2.42 bits per heavy atom. The molecule has 0 aromatic heterocycles. The summed E-state index contributed by atoms with van der Waals surface area (Å²) in [6.07, 6.45) is -0.111. The molecule has 0 saturated heterocycles. The van der Waals surface area contributed by atoms with Crippen molar-refractivity contribution in [1.82, 2.24) is 15.8 Å². The predicted octanol–water partition coefficient (Wildman–Crippen LogP) is 0.212. The second kappa shape index (κ2) is 7.50. The molecule has 6 nitrogen and oxygen atoms in total. The van der Waals surface area contributed by atoms with E-state index in [1.807, 2.05) is 30.3 Å². The summed E-state index contributed by atoms with van der Waals surface area (Å²) in [6, 6.07) is 8.54. The van der Waals surface area contributed by atoms with Gasteiger partial charge < -0.3 is 5.11 Å². The van der Waals surface area contributed by atoms with Crippen LogP contribution in [-0.2, 0) is 16.1 Å². The lowest BCUT2D eigenvalue weighted by Gasteiger charge is -2.16. The van der Waals surface area contributed by atoms with Crippen molar-refractivity contribution >= 4 is 11.9 Å². The van der Waals surface area contributed by atoms with Crippen LogP contribution in [0.5, 0.6) is 0 Å². The van der Waals surface area contributed by atoms with Crippen LogP contribution in [0, 0.1) is 0 Å². The lowest BCUT2D eigenvalue weighted by Crippen LogP contribution is -2.44. The van der Waals surface area contributed by atoms with Crippen LogP contribution < -0.4 is 10.7 Å². The number of nitrogens with zero attached hydrogens (tertiary/aromatic N) is 1. The molecule has 1 rings (SSSR count). The summed E-state index contributed by atoms with van der Waals surface area (Å²) >= 11 is 0. The fourth-order valence-electron chi connectivity index (χ4n) is 1.56. The first kappa shape index (κ1) is 15.1. The molecule has 0 aliphatic rings. The first-order valence-corrected chi connectivity index (χ1v) is 5.96. The molecule has 0 fully saturated rings. The fraction of sp³-hybridized carbons (Fsp3) is 0.385. The molecule has 0 aliphatic carbocycles. The lowest BCUT2D eigenvalue weighted by molar-refractivity contribution is -0.142. The largest absolute Gasteiger partial charge is 0.480 e. The van der Waals surface area contributed by atoms with Gasteiger partial charge in [-0.1, -0.05) is 30.3 Å². The number of hydrazine groups is 1. The van der Waals surface area contributed by atoms with Crippen molar-refractivity contribution in [3.63, 3.8) is 0 Å². The van der Waals surface area contributed by atoms with Crippen molar-refractivity contribution in [3.05, 3.63) is 35.9 Å². The van der Waals surface area contributed by atoms with E-state index in [2.05, 4.69) is 10.7 Å². The van der Waals surface area contributed by atoms with E-state index in [0.717, 1.165) is 5.56 Å². The van der Waals surface area contributed by atoms with E-state index in [1.165, 1.54) is 5.01 Å². The molecule has 1 aromatic carbocycles. The number of nitrogens with one attached hydrogen (secondary N) is 2. The summed E-state index contributed by atoms with van der Waals surface area (Å²) in [6.45, 7) is 0.410. The first-order valence-electron chi connectivity index (χ1n) is 5.96. The first-order chi connectivity index (χ1) is 8.99. The van der Waals surface area contributed by atoms with Gasteiger partial charge in [-0.25, -0.2) is 5.01 Å². The van der Waals surface area contributed by atoms with Gasteiger partial charge in [0, 0.05) is 20.6 Å². The third-order valence-corrected chi connectivity index (χ3v) is 2.43. The summed E-state index contributed by atoms with van der Waals surface area (Å²) in [5.41, 5.74) is 3.49. The third kappa shape index (κ3) is 5.98. The zero-order valence-corrected chi connectivity index (χ0v) is 11.1. The summed E-state index contributed by atoms with van der Waals surface area (Å²) in [5.74, 6) is -1.37. The number of carboxylic acid groups (broad SMARTS) is 1. The molecular weight excluding hydrogens is 246 g/mol. The molecule has 0 spiro atoms. The fourth-order valence-corrected chi connectivity index (χ4v) is 1.56. The van der Waals surface area contributed by atoms with Gasteiger partial charge in [-0.2, -0.15) is 0 Å². The van der Waals surface area contributed by atoms with E-state index >= 15 is 0 Å². The molecule has 19 heavy (non-hydrogen) atoms. The molecule has 1 atom stereocenters. The molecule has 3 N–H and O–H groups in total. The van der Waals surface area contributed by atoms with Gasteiger partial charge in [-0.3, -0.25) is 20.3 Å². The molecular formula is C13H19N3O3. The number of rotatable bonds is 7. The summed E-state index contributed by atoms with van der Waals surface area (Å²) in [7, 11) is 3.34. The van der Waals surface area contributed by atoms with Crippen molar-refractivity contribution in [2.45, 2.75) is 19.0 Å². The van der Waals surface area contributed by atoms with Gasteiger partial charge >= 0.3 is 5.97 Å². The molecule has 1 amide bonds. The molecule has 0 radical (unpaired) electrons. The van der Waals surface area contributed by atoms with Crippen molar-refractivity contribution in [2.75, 3.05) is 14.1 Å². The van der Waals surface area contributed by atoms with E-state index < -0.39 is 12.0 Å². The monoisotopic (exact) mass is 265 g/mol. The van der Waals surface area contributed by atoms with Crippen LogP contribution in [0.3, 0.4) is 0 Å². The number of hydrogen-bond acceptors (Lipinski definition) is 4. The number of amides is 1. The lowest BCUT2D eigenvalue weighted by atomic mass is 10.1. The Balaban J connectivity index is 2.49. The van der Waals surface area contributed by atoms with E-state index in [1.54, 1.807) is 14.1 Å². The summed E-state index contributed by atoms with van der Waals surface area (Å²) < 4.78 is 0. The van der Waals surface area contributed by atoms with Crippen LogP contribution >= 0.6 is 0 Å². The smallest absolute Gasteiger partial charge is 0.321 e. The summed E-state index contributed by atoms with van der Waals surface area (Å²) in [4.78, 5) is 22.6. The minimum absolute atomic E-state index is 0.111. The summed E-state index contributed by atoms with van der Waals surface area (Å²) in [5, 5.41) is 13.4. The Labute approximate surface area is 112 Å². The van der Waals surface area contributed by atoms with Crippen LogP contribution in [0.25, 0.3) is 0 Å². The van der Waals surface area contributed by atoms with Gasteiger partial charge in [0.15, 0.2) is 0 Å². The quantitative estimate of drug-likeness (QED) is 0.614. The predicted molar refractivity (Wildman–Crippen MR) is 71.2 cm³/mol. The Kier molecular flexibility index (Phi) is 5.98. The van der Waals surface area contributed by atoms with Gasteiger partial charge in [0.05, 0.1) is 6.42 Å². The molecule has 0 heterocycles. The van der Waals surface area contributed by atoms with Crippen LogP contribution in [0.2, 0.25) is 0 Å². The standard InChI is InChI=1S/C13H19N3O3/c1-16(2)15-12(17)8-11(13(18)19)14-9-10-6-4-3-5-7-10/h3-7,11,14H,8-9H2,1-2H3,(H,15,17)(H,18,19). The highest BCUT2D eigenvalue weighted by Gasteiger charge is 2.20. The molecule has 104 valence electrons. The Hall–Kier alpha value is -1.92. The van der Waals surface area contributed by atoms with Gasteiger partial charge in [-0.15, -0.1) is 0 Å². The zero-order valence-electron chi connectivity index (χ0n) is 11.1.